The third-order valence-electron chi connectivity index (χ3n) is 3.10. The molecule has 0 spiro atoms. The number of aromatic nitrogens is 1. The molecule has 2 N–H and O–H groups in total. The summed E-state index contributed by atoms with van der Waals surface area (Å²) >= 11 is 5.72. The first-order valence-electron chi connectivity index (χ1n) is 6.64. The highest BCUT2D eigenvalue weighted by Crippen LogP contribution is 2.22. The molecule has 7 heteroatoms. The predicted octanol–water partition coefficient (Wildman–Crippen LogP) is 4.38. The van der Waals surface area contributed by atoms with Gasteiger partial charge in [-0.15, -0.1) is 0 Å². The van der Waals surface area contributed by atoms with E-state index in [2.05, 4.69) is 15.6 Å². The van der Waals surface area contributed by atoms with Crippen molar-refractivity contribution in [2.24, 2.45) is 5.16 Å². The van der Waals surface area contributed by atoms with E-state index in [0.717, 1.165) is 5.56 Å². The maximum atomic E-state index is 13.2. The fourth-order valence-corrected chi connectivity index (χ4v) is 2.16. The molecule has 0 unspecified atom stereocenters. The van der Waals surface area contributed by atoms with Gasteiger partial charge in [0.1, 0.15) is 11.5 Å². The van der Waals surface area contributed by atoms with Gasteiger partial charge < -0.3 is 15.0 Å². The van der Waals surface area contributed by atoms with Crippen molar-refractivity contribution in [1.82, 2.24) is 5.16 Å². The normalized spacial score (nSPS) is 11.5. The molecule has 1 heterocycles. The fourth-order valence-electron chi connectivity index (χ4n) is 1.98. The number of hydrogen-bond acceptors (Lipinski definition) is 4. The Labute approximate surface area is 136 Å². The van der Waals surface area contributed by atoms with Gasteiger partial charge in [-0.05, 0) is 18.2 Å². The van der Waals surface area contributed by atoms with Crippen molar-refractivity contribution >= 4 is 23.1 Å². The summed E-state index contributed by atoms with van der Waals surface area (Å²) in [7, 11) is 0. The van der Waals surface area contributed by atoms with Crippen molar-refractivity contribution in [3.05, 3.63) is 71.2 Å². The Morgan fingerprint density at radius 3 is 2.65 bits per heavy atom. The van der Waals surface area contributed by atoms with Crippen LogP contribution in [0.25, 0.3) is 11.3 Å². The van der Waals surface area contributed by atoms with Crippen LogP contribution in [-0.2, 0) is 0 Å². The highest BCUT2D eigenvalue weighted by molar-refractivity contribution is 6.31. The summed E-state index contributed by atoms with van der Waals surface area (Å²) in [6.45, 7) is 0. The fraction of sp³-hybridized carbons (Fsp3) is 0. The standard InChI is InChI=1S/C16H11ClFN3O2/c17-12-8-11(6-7-13(12)18)19-16(20-22)15-9-14(21-23-15)10-4-2-1-3-5-10/h1-9,22H,(H,19,20). The van der Waals surface area contributed by atoms with Crippen molar-refractivity contribution < 1.29 is 14.1 Å². The van der Waals surface area contributed by atoms with Crippen molar-refractivity contribution in [3.63, 3.8) is 0 Å². The zero-order chi connectivity index (χ0) is 16.2. The van der Waals surface area contributed by atoms with Crippen LogP contribution in [0.15, 0.2) is 64.3 Å². The summed E-state index contributed by atoms with van der Waals surface area (Å²) in [6.07, 6.45) is 0. The first-order chi connectivity index (χ1) is 11.2. The van der Waals surface area contributed by atoms with Gasteiger partial charge in [-0.3, -0.25) is 0 Å². The summed E-state index contributed by atoms with van der Waals surface area (Å²) in [4.78, 5) is 0. The monoisotopic (exact) mass is 331 g/mol. The van der Waals surface area contributed by atoms with Crippen LogP contribution in [0.3, 0.4) is 0 Å². The molecule has 0 saturated heterocycles. The molecule has 0 bridgehead atoms. The van der Waals surface area contributed by atoms with E-state index >= 15 is 0 Å². The zero-order valence-corrected chi connectivity index (χ0v) is 12.5. The topological polar surface area (TPSA) is 70.7 Å². The Hall–Kier alpha value is -2.86. The minimum absolute atomic E-state index is 0.0300. The van der Waals surface area contributed by atoms with Crippen molar-refractivity contribution in [3.8, 4) is 11.3 Å². The highest BCUT2D eigenvalue weighted by atomic mass is 35.5. The second kappa shape index (κ2) is 6.50. The summed E-state index contributed by atoms with van der Waals surface area (Å²) < 4.78 is 18.4. The number of hydrogen-bond donors (Lipinski definition) is 2. The summed E-state index contributed by atoms with van der Waals surface area (Å²) in [5.74, 6) is -0.278. The summed E-state index contributed by atoms with van der Waals surface area (Å²) in [5, 5.41) is 19.0. The van der Waals surface area contributed by atoms with E-state index in [1.54, 1.807) is 6.07 Å². The molecule has 23 heavy (non-hydrogen) atoms. The minimum atomic E-state index is -0.536. The molecule has 2 aromatic carbocycles. The average molecular weight is 332 g/mol. The molecule has 0 atom stereocenters. The van der Waals surface area contributed by atoms with Crippen LogP contribution >= 0.6 is 11.6 Å². The lowest BCUT2D eigenvalue weighted by Gasteiger charge is -2.05. The molecule has 0 aliphatic rings. The Morgan fingerprint density at radius 2 is 1.96 bits per heavy atom. The molecule has 3 rings (SSSR count). The lowest BCUT2D eigenvalue weighted by molar-refractivity contribution is 0.316. The highest BCUT2D eigenvalue weighted by Gasteiger charge is 2.14. The summed E-state index contributed by atoms with van der Waals surface area (Å²) in [5.41, 5.74) is 1.91. The van der Waals surface area contributed by atoms with Crippen LogP contribution in [0.2, 0.25) is 5.02 Å². The van der Waals surface area contributed by atoms with Crippen LogP contribution in [0.5, 0.6) is 0 Å². The number of rotatable bonds is 3. The van der Waals surface area contributed by atoms with Crippen LogP contribution in [0, 0.1) is 5.82 Å². The summed E-state index contributed by atoms with van der Waals surface area (Å²) in [6, 6.07) is 15.1. The quantitative estimate of drug-likeness (QED) is 0.323. The number of nitrogens with one attached hydrogen (secondary N) is 1. The van der Waals surface area contributed by atoms with Gasteiger partial charge in [0.2, 0.25) is 11.6 Å². The van der Waals surface area contributed by atoms with Gasteiger partial charge in [0.15, 0.2) is 0 Å². The van der Waals surface area contributed by atoms with Gasteiger partial charge in [0, 0.05) is 17.3 Å². The number of nitrogens with zero attached hydrogens (tertiary/aromatic N) is 2. The molecular weight excluding hydrogens is 321 g/mol. The number of oxime groups is 1. The van der Waals surface area contributed by atoms with Gasteiger partial charge >= 0.3 is 0 Å². The molecule has 0 aliphatic heterocycles. The maximum absolute atomic E-state index is 13.2. The molecule has 0 radical (unpaired) electrons. The molecule has 1 aromatic heterocycles. The molecule has 5 nitrogen and oxygen atoms in total. The van der Waals surface area contributed by atoms with Crippen molar-refractivity contribution in [2.45, 2.75) is 0 Å². The van der Waals surface area contributed by atoms with Crippen LogP contribution in [0.4, 0.5) is 10.1 Å². The average Bonchev–Trinajstić information content (AvgIpc) is 3.06. The number of benzene rings is 2. The van der Waals surface area contributed by atoms with E-state index in [1.807, 2.05) is 30.3 Å². The number of amidine groups is 1. The van der Waals surface area contributed by atoms with Crippen LogP contribution < -0.4 is 5.32 Å². The van der Waals surface area contributed by atoms with E-state index in [1.165, 1.54) is 18.2 Å². The van der Waals surface area contributed by atoms with Crippen molar-refractivity contribution in [2.75, 3.05) is 5.32 Å². The first-order valence-corrected chi connectivity index (χ1v) is 7.02. The van der Waals surface area contributed by atoms with Gasteiger partial charge in [-0.2, -0.15) is 0 Å². The lowest BCUT2D eigenvalue weighted by Crippen LogP contribution is -2.12. The molecule has 3 aromatic rings. The van der Waals surface area contributed by atoms with E-state index in [9.17, 15) is 9.60 Å². The van der Waals surface area contributed by atoms with Crippen LogP contribution in [0.1, 0.15) is 5.76 Å². The SMILES string of the molecule is O/N=C(/Nc1ccc(F)c(Cl)c1)c1cc(-c2ccccc2)no1. The first kappa shape index (κ1) is 15.1. The van der Waals surface area contributed by atoms with Gasteiger partial charge in [-0.1, -0.05) is 52.2 Å². The largest absolute Gasteiger partial charge is 0.409 e. The predicted molar refractivity (Wildman–Crippen MR) is 85.3 cm³/mol. The maximum Gasteiger partial charge on any atom is 0.215 e. The minimum Gasteiger partial charge on any atom is -0.409 e. The number of halogens is 2. The molecule has 0 aliphatic carbocycles. The van der Waals surface area contributed by atoms with E-state index in [4.69, 9.17) is 16.1 Å². The van der Waals surface area contributed by atoms with E-state index in [0.29, 0.717) is 11.4 Å². The second-order valence-electron chi connectivity index (χ2n) is 4.64. The molecular formula is C16H11ClFN3O2. The Kier molecular flexibility index (Phi) is 4.25. The van der Waals surface area contributed by atoms with E-state index < -0.39 is 5.82 Å². The molecule has 116 valence electrons. The van der Waals surface area contributed by atoms with Crippen LogP contribution in [-0.4, -0.2) is 16.2 Å². The van der Waals surface area contributed by atoms with Gasteiger partial charge in [-0.25, -0.2) is 4.39 Å². The molecule has 0 saturated carbocycles. The third-order valence-corrected chi connectivity index (χ3v) is 3.39. The Bertz CT molecular complexity index is 850. The second-order valence-corrected chi connectivity index (χ2v) is 5.05. The van der Waals surface area contributed by atoms with E-state index in [-0.39, 0.29) is 16.6 Å². The van der Waals surface area contributed by atoms with Gasteiger partial charge in [0.25, 0.3) is 0 Å². The molecule has 0 amide bonds. The number of anilines is 1. The molecule has 0 fully saturated rings. The third kappa shape index (κ3) is 3.32. The smallest absolute Gasteiger partial charge is 0.215 e. The lowest BCUT2D eigenvalue weighted by atomic mass is 10.1. The van der Waals surface area contributed by atoms with Gasteiger partial charge in [0.05, 0.1) is 5.02 Å². The Morgan fingerprint density at radius 1 is 1.17 bits per heavy atom. The zero-order valence-electron chi connectivity index (χ0n) is 11.7. The van der Waals surface area contributed by atoms with Crippen molar-refractivity contribution in [1.29, 1.82) is 0 Å². The Balaban J connectivity index is 1.84.